The van der Waals surface area contributed by atoms with Crippen LogP contribution in [0.5, 0.6) is 0 Å². The highest BCUT2D eigenvalue weighted by Gasteiger charge is 2.10. The number of nitro groups is 1. The van der Waals surface area contributed by atoms with Crippen LogP contribution in [0.2, 0.25) is 0 Å². The summed E-state index contributed by atoms with van der Waals surface area (Å²) in [4.78, 5) is 11.7. The van der Waals surface area contributed by atoms with Crippen LogP contribution in [-0.4, -0.2) is 25.1 Å². The van der Waals surface area contributed by atoms with Gasteiger partial charge in [0, 0.05) is 30.7 Å². The minimum Gasteiger partial charge on any atom is -0.384 e. The average Bonchev–Trinajstić information content (AvgIpc) is 2.59. The van der Waals surface area contributed by atoms with Gasteiger partial charge in [0.05, 0.1) is 29.8 Å². The lowest BCUT2D eigenvalue weighted by molar-refractivity contribution is -0.893. The van der Waals surface area contributed by atoms with E-state index in [0.717, 1.165) is 26.1 Å². The number of benzene rings is 2. The fourth-order valence-corrected chi connectivity index (χ4v) is 2.54. The molecule has 124 valence electrons. The van der Waals surface area contributed by atoms with Crippen molar-refractivity contribution in [3.8, 4) is 6.07 Å². The molecule has 24 heavy (non-hydrogen) atoms. The summed E-state index contributed by atoms with van der Waals surface area (Å²) in [5.41, 5.74) is 2.19. The molecular formula is C18H21N4O2+. The van der Waals surface area contributed by atoms with Gasteiger partial charge in [-0.05, 0) is 6.07 Å². The van der Waals surface area contributed by atoms with Gasteiger partial charge in [-0.15, -0.1) is 0 Å². The Hall–Kier alpha value is -2.91. The predicted octanol–water partition coefficient (Wildman–Crippen LogP) is 1.98. The van der Waals surface area contributed by atoms with Gasteiger partial charge in [-0.3, -0.25) is 10.1 Å². The van der Waals surface area contributed by atoms with Crippen molar-refractivity contribution in [2.24, 2.45) is 0 Å². The highest BCUT2D eigenvalue weighted by Crippen LogP contribution is 2.21. The molecule has 1 unspecified atom stereocenters. The van der Waals surface area contributed by atoms with Crippen LogP contribution in [0.4, 0.5) is 11.4 Å². The number of hydrogen-bond donors (Lipinski definition) is 2. The van der Waals surface area contributed by atoms with Crippen LogP contribution in [0.15, 0.2) is 48.5 Å². The van der Waals surface area contributed by atoms with Gasteiger partial charge in [0.2, 0.25) is 0 Å². The molecule has 0 fully saturated rings. The van der Waals surface area contributed by atoms with Crippen LogP contribution < -0.4 is 10.2 Å². The molecule has 0 aliphatic heterocycles. The first-order valence-corrected chi connectivity index (χ1v) is 7.88. The van der Waals surface area contributed by atoms with E-state index in [1.54, 1.807) is 6.07 Å². The Morgan fingerprint density at radius 2 is 2.00 bits per heavy atom. The van der Waals surface area contributed by atoms with Gasteiger partial charge >= 0.3 is 0 Å². The van der Waals surface area contributed by atoms with Crippen molar-refractivity contribution in [1.82, 2.24) is 0 Å². The molecule has 0 amide bonds. The molecule has 1 atom stereocenters. The minimum absolute atomic E-state index is 0.0656. The third kappa shape index (κ3) is 5.07. The maximum atomic E-state index is 10.7. The average molecular weight is 325 g/mol. The summed E-state index contributed by atoms with van der Waals surface area (Å²) in [5, 5.41) is 23.0. The minimum atomic E-state index is -0.494. The quantitative estimate of drug-likeness (QED) is 0.442. The normalized spacial score (nSPS) is 11.5. The molecule has 0 spiro atoms. The Bertz CT molecular complexity index is 726. The monoisotopic (exact) mass is 325 g/mol. The molecule has 2 rings (SSSR count). The number of quaternary nitrogens is 1. The van der Waals surface area contributed by atoms with Gasteiger partial charge in [0.1, 0.15) is 12.6 Å². The molecule has 2 aromatic carbocycles. The van der Waals surface area contributed by atoms with E-state index in [0.29, 0.717) is 11.3 Å². The molecule has 0 aliphatic carbocycles. The van der Waals surface area contributed by atoms with Crippen LogP contribution in [0.1, 0.15) is 17.5 Å². The molecule has 6 heteroatoms. The number of nitro benzene ring substituents is 1. The first-order valence-electron chi connectivity index (χ1n) is 7.88. The van der Waals surface area contributed by atoms with Crippen molar-refractivity contribution in [3.63, 3.8) is 0 Å². The smallest absolute Gasteiger partial charge is 0.270 e. The van der Waals surface area contributed by atoms with Crippen LogP contribution in [-0.2, 0) is 6.54 Å². The maximum absolute atomic E-state index is 10.7. The van der Waals surface area contributed by atoms with Gasteiger partial charge < -0.3 is 10.2 Å². The fourth-order valence-electron chi connectivity index (χ4n) is 2.54. The van der Waals surface area contributed by atoms with E-state index >= 15 is 0 Å². The summed E-state index contributed by atoms with van der Waals surface area (Å²) in [6.07, 6.45) is 0.945. The van der Waals surface area contributed by atoms with Crippen LogP contribution in [0.3, 0.4) is 0 Å². The number of nitriles is 1. The third-order valence-corrected chi connectivity index (χ3v) is 3.78. The first kappa shape index (κ1) is 17.4. The Morgan fingerprint density at radius 3 is 2.67 bits per heavy atom. The topological polar surface area (TPSA) is 83.4 Å². The number of hydrogen-bond acceptors (Lipinski definition) is 4. The highest BCUT2D eigenvalue weighted by molar-refractivity contribution is 5.61. The molecule has 0 aromatic heterocycles. The summed E-state index contributed by atoms with van der Waals surface area (Å²) < 4.78 is 0. The zero-order valence-electron chi connectivity index (χ0n) is 13.7. The number of nitrogens with zero attached hydrogens (tertiary/aromatic N) is 2. The number of anilines is 1. The van der Waals surface area contributed by atoms with Gasteiger partial charge in [-0.2, -0.15) is 5.26 Å². The SMILES string of the molecule is C[NH+](CCCNc1ccc([N+](=O)[O-])cc1C#N)Cc1ccccc1. The second-order valence-electron chi connectivity index (χ2n) is 5.75. The second kappa shape index (κ2) is 8.65. The largest absolute Gasteiger partial charge is 0.384 e. The van der Waals surface area contributed by atoms with E-state index in [1.165, 1.54) is 22.6 Å². The van der Waals surface area contributed by atoms with E-state index in [9.17, 15) is 10.1 Å². The molecule has 0 radical (unpaired) electrons. The van der Waals surface area contributed by atoms with Crippen LogP contribution in [0, 0.1) is 21.4 Å². The van der Waals surface area contributed by atoms with Gasteiger partial charge in [-0.25, -0.2) is 0 Å². The summed E-state index contributed by atoms with van der Waals surface area (Å²) in [6.45, 7) is 2.69. The molecule has 0 heterocycles. The van der Waals surface area contributed by atoms with E-state index in [4.69, 9.17) is 5.26 Å². The summed E-state index contributed by atoms with van der Waals surface area (Å²) in [6, 6.07) is 16.7. The Morgan fingerprint density at radius 1 is 1.25 bits per heavy atom. The Labute approximate surface area is 141 Å². The number of non-ortho nitro benzene ring substituents is 1. The standard InChI is InChI=1S/C18H20N4O2/c1-21(14-15-6-3-2-4-7-15)11-5-10-20-18-9-8-17(22(23)24)12-16(18)13-19/h2-4,6-9,12,20H,5,10-11,14H2,1H3/p+1. The lowest BCUT2D eigenvalue weighted by Gasteiger charge is -2.14. The molecule has 6 nitrogen and oxygen atoms in total. The van der Waals surface area contributed by atoms with Crippen molar-refractivity contribution in [1.29, 1.82) is 5.26 Å². The van der Waals surface area contributed by atoms with E-state index in [-0.39, 0.29) is 5.69 Å². The van der Waals surface area contributed by atoms with Gasteiger partial charge in [-0.1, -0.05) is 30.3 Å². The van der Waals surface area contributed by atoms with Crippen molar-refractivity contribution < 1.29 is 9.82 Å². The van der Waals surface area contributed by atoms with Gasteiger partial charge in [0.25, 0.3) is 5.69 Å². The van der Waals surface area contributed by atoms with Crippen molar-refractivity contribution in [3.05, 3.63) is 69.8 Å². The molecule has 0 saturated heterocycles. The van der Waals surface area contributed by atoms with Crippen molar-refractivity contribution in [2.75, 3.05) is 25.5 Å². The number of nitrogens with one attached hydrogen (secondary N) is 2. The lowest BCUT2D eigenvalue weighted by atomic mass is 10.1. The molecule has 0 bridgehead atoms. The Kier molecular flexibility index (Phi) is 6.29. The van der Waals surface area contributed by atoms with Crippen molar-refractivity contribution >= 4 is 11.4 Å². The Balaban J connectivity index is 1.80. The molecule has 2 aromatic rings. The van der Waals surface area contributed by atoms with Gasteiger partial charge in [0.15, 0.2) is 0 Å². The molecular weight excluding hydrogens is 304 g/mol. The summed E-state index contributed by atoms with van der Waals surface area (Å²) >= 11 is 0. The maximum Gasteiger partial charge on any atom is 0.270 e. The summed E-state index contributed by atoms with van der Waals surface area (Å²) in [5.74, 6) is 0. The zero-order valence-corrected chi connectivity index (χ0v) is 13.7. The van der Waals surface area contributed by atoms with E-state index in [1.807, 2.05) is 24.3 Å². The van der Waals surface area contributed by atoms with E-state index in [2.05, 4.69) is 24.5 Å². The lowest BCUT2D eigenvalue weighted by Crippen LogP contribution is -3.07. The van der Waals surface area contributed by atoms with Crippen molar-refractivity contribution in [2.45, 2.75) is 13.0 Å². The summed E-state index contributed by atoms with van der Waals surface area (Å²) in [7, 11) is 2.15. The first-order chi connectivity index (χ1) is 11.6. The predicted molar refractivity (Wildman–Crippen MR) is 92.8 cm³/mol. The van der Waals surface area contributed by atoms with E-state index < -0.39 is 4.92 Å². The molecule has 0 aliphatic rings. The fraction of sp³-hybridized carbons (Fsp3) is 0.278. The highest BCUT2D eigenvalue weighted by atomic mass is 16.6. The zero-order chi connectivity index (χ0) is 17.4. The third-order valence-electron chi connectivity index (χ3n) is 3.78. The molecule has 0 saturated carbocycles. The molecule has 2 N–H and O–H groups in total. The number of rotatable bonds is 8. The van der Waals surface area contributed by atoms with Crippen LogP contribution in [0.25, 0.3) is 0 Å². The second-order valence-corrected chi connectivity index (χ2v) is 5.75. The van der Waals surface area contributed by atoms with Crippen LogP contribution >= 0.6 is 0 Å².